The van der Waals surface area contributed by atoms with Crippen LogP contribution in [0.15, 0.2) is 49.1 Å². The normalized spacial score (nSPS) is 18.1. The van der Waals surface area contributed by atoms with Crippen LogP contribution in [-0.2, 0) is 16.0 Å². The van der Waals surface area contributed by atoms with Crippen LogP contribution in [0.1, 0.15) is 24.4 Å². The predicted molar refractivity (Wildman–Crippen MR) is 88.0 cm³/mol. The van der Waals surface area contributed by atoms with Gasteiger partial charge in [0.15, 0.2) is 0 Å². The van der Waals surface area contributed by atoms with Crippen LogP contribution in [0.5, 0.6) is 0 Å². The standard InChI is InChI=1S/C18H23N3O2/c22-18(14-23-12-8-16-5-2-1-3-6-16)20-10-4-7-17(13-20)21-11-9-19-15-21/h1-3,5-6,9,11,15,17H,4,7-8,10,12-14H2/t17-/m0/s1. The van der Waals surface area contributed by atoms with Gasteiger partial charge in [-0.2, -0.15) is 0 Å². The number of benzene rings is 1. The minimum atomic E-state index is 0.0860. The van der Waals surface area contributed by atoms with E-state index in [4.69, 9.17) is 4.74 Å². The SMILES string of the molecule is O=C(COCCc1ccccc1)N1CCC[C@H](n2ccnc2)C1. The summed E-state index contributed by atoms with van der Waals surface area (Å²) in [5.41, 5.74) is 1.23. The van der Waals surface area contributed by atoms with Gasteiger partial charge in [-0.1, -0.05) is 30.3 Å². The van der Waals surface area contributed by atoms with Crippen LogP contribution in [0, 0.1) is 0 Å². The number of aromatic nitrogens is 2. The third-order valence-electron chi connectivity index (χ3n) is 4.30. The van der Waals surface area contributed by atoms with Gasteiger partial charge in [0.25, 0.3) is 0 Å². The van der Waals surface area contributed by atoms with Crippen molar-refractivity contribution in [3.63, 3.8) is 0 Å². The predicted octanol–water partition coefficient (Wildman–Crippen LogP) is 2.31. The first-order valence-corrected chi connectivity index (χ1v) is 8.20. The molecule has 1 aromatic carbocycles. The Morgan fingerprint density at radius 3 is 2.96 bits per heavy atom. The highest BCUT2D eigenvalue weighted by atomic mass is 16.5. The van der Waals surface area contributed by atoms with E-state index in [1.165, 1.54) is 5.56 Å². The molecule has 0 spiro atoms. The lowest BCUT2D eigenvalue weighted by atomic mass is 10.1. The van der Waals surface area contributed by atoms with Crippen molar-refractivity contribution >= 4 is 5.91 Å². The van der Waals surface area contributed by atoms with E-state index < -0.39 is 0 Å². The maximum absolute atomic E-state index is 12.3. The Balaban J connectivity index is 1.41. The fraction of sp³-hybridized carbons (Fsp3) is 0.444. The smallest absolute Gasteiger partial charge is 0.248 e. The average molecular weight is 313 g/mol. The third-order valence-corrected chi connectivity index (χ3v) is 4.30. The van der Waals surface area contributed by atoms with E-state index in [1.807, 2.05) is 35.6 Å². The Hall–Kier alpha value is -2.14. The van der Waals surface area contributed by atoms with Gasteiger partial charge in [-0.25, -0.2) is 4.98 Å². The number of ether oxygens (including phenoxy) is 1. The number of amides is 1. The number of likely N-dealkylation sites (tertiary alicyclic amines) is 1. The molecule has 5 nitrogen and oxygen atoms in total. The zero-order chi connectivity index (χ0) is 15.9. The quantitative estimate of drug-likeness (QED) is 0.769. The lowest BCUT2D eigenvalue weighted by Gasteiger charge is -2.33. The van der Waals surface area contributed by atoms with E-state index in [1.54, 1.807) is 6.20 Å². The first-order valence-electron chi connectivity index (χ1n) is 8.20. The summed E-state index contributed by atoms with van der Waals surface area (Å²) in [6.07, 6.45) is 8.54. The number of carbonyl (C=O) groups excluding carboxylic acids is 1. The summed E-state index contributed by atoms with van der Waals surface area (Å²) in [4.78, 5) is 18.3. The van der Waals surface area contributed by atoms with E-state index in [-0.39, 0.29) is 12.5 Å². The van der Waals surface area contributed by atoms with Crippen molar-refractivity contribution in [1.29, 1.82) is 0 Å². The summed E-state index contributed by atoms with van der Waals surface area (Å²) < 4.78 is 7.66. The molecule has 3 rings (SSSR count). The highest BCUT2D eigenvalue weighted by Gasteiger charge is 2.24. The van der Waals surface area contributed by atoms with Crippen LogP contribution in [0.2, 0.25) is 0 Å². The topological polar surface area (TPSA) is 47.4 Å². The molecular weight excluding hydrogens is 290 g/mol. The van der Waals surface area contributed by atoms with E-state index >= 15 is 0 Å². The largest absolute Gasteiger partial charge is 0.371 e. The summed E-state index contributed by atoms with van der Waals surface area (Å²) in [5, 5.41) is 0. The zero-order valence-electron chi connectivity index (χ0n) is 13.3. The molecule has 1 fully saturated rings. The van der Waals surface area contributed by atoms with Crippen LogP contribution < -0.4 is 0 Å². The molecule has 5 heteroatoms. The monoisotopic (exact) mass is 313 g/mol. The first kappa shape index (κ1) is 15.7. The molecule has 1 amide bonds. The third kappa shape index (κ3) is 4.42. The second-order valence-corrected chi connectivity index (χ2v) is 5.93. The van der Waals surface area contributed by atoms with Crippen molar-refractivity contribution in [3.05, 3.63) is 54.6 Å². The summed E-state index contributed by atoms with van der Waals surface area (Å²) in [6, 6.07) is 10.5. The Labute approximate surface area is 136 Å². The van der Waals surface area contributed by atoms with E-state index in [0.29, 0.717) is 12.6 Å². The molecule has 0 unspecified atom stereocenters. The summed E-state index contributed by atoms with van der Waals surface area (Å²) in [6.45, 7) is 2.32. The fourth-order valence-electron chi connectivity index (χ4n) is 3.00. The Bertz CT molecular complexity index is 598. The number of rotatable bonds is 6. The van der Waals surface area contributed by atoms with Crippen molar-refractivity contribution in [1.82, 2.24) is 14.5 Å². The van der Waals surface area contributed by atoms with E-state index in [0.717, 1.165) is 32.4 Å². The maximum atomic E-state index is 12.3. The molecule has 1 aliphatic heterocycles. The molecule has 23 heavy (non-hydrogen) atoms. The number of nitrogens with zero attached hydrogens (tertiary/aromatic N) is 3. The zero-order valence-corrected chi connectivity index (χ0v) is 13.3. The number of imidazole rings is 1. The highest BCUT2D eigenvalue weighted by Crippen LogP contribution is 2.21. The summed E-state index contributed by atoms with van der Waals surface area (Å²) in [7, 11) is 0. The molecule has 0 saturated carbocycles. The molecule has 0 aliphatic carbocycles. The molecule has 1 saturated heterocycles. The molecule has 2 heterocycles. The maximum Gasteiger partial charge on any atom is 0.248 e. The Kier molecular flexibility index (Phi) is 5.42. The van der Waals surface area contributed by atoms with Crippen LogP contribution in [0.25, 0.3) is 0 Å². The number of hydrogen-bond acceptors (Lipinski definition) is 3. The molecule has 1 atom stereocenters. The van der Waals surface area contributed by atoms with Gasteiger partial charge in [0, 0.05) is 25.5 Å². The van der Waals surface area contributed by atoms with Crippen LogP contribution in [0.4, 0.5) is 0 Å². The fourth-order valence-corrected chi connectivity index (χ4v) is 3.00. The van der Waals surface area contributed by atoms with E-state index in [2.05, 4.69) is 21.7 Å². The van der Waals surface area contributed by atoms with Crippen LogP contribution in [0.3, 0.4) is 0 Å². The van der Waals surface area contributed by atoms with Gasteiger partial charge < -0.3 is 14.2 Å². The van der Waals surface area contributed by atoms with Gasteiger partial charge in [0.2, 0.25) is 5.91 Å². The minimum absolute atomic E-state index is 0.0860. The lowest BCUT2D eigenvalue weighted by molar-refractivity contribution is -0.137. The highest BCUT2D eigenvalue weighted by molar-refractivity contribution is 5.77. The first-order chi connectivity index (χ1) is 11.3. The molecule has 0 bridgehead atoms. The summed E-state index contributed by atoms with van der Waals surface area (Å²) >= 11 is 0. The van der Waals surface area contributed by atoms with E-state index in [9.17, 15) is 4.79 Å². The molecule has 122 valence electrons. The van der Waals surface area contributed by atoms with Crippen molar-refractivity contribution in [2.24, 2.45) is 0 Å². The van der Waals surface area contributed by atoms with Crippen LogP contribution in [-0.4, -0.2) is 46.7 Å². The summed E-state index contributed by atoms with van der Waals surface area (Å²) in [5.74, 6) is 0.0860. The van der Waals surface area contributed by atoms with Gasteiger partial charge in [0.05, 0.1) is 19.0 Å². The average Bonchev–Trinajstić information content (AvgIpc) is 3.14. The minimum Gasteiger partial charge on any atom is -0.371 e. The molecule has 0 N–H and O–H groups in total. The number of piperidine rings is 1. The second-order valence-electron chi connectivity index (χ2n) is 5.93. The van der Waals surface area contributed by atoms with Crippen molar-refractivity contribution < 1.29 is 9.53 Å². The van der Waals surface area contributed by atoms with Gasteiger partial charge in [-0.3, -0.25) is 4.79 Å². The van der Waals surface area contributed by atoms with Gasteiger partial charge >= 0.3 is 0 Å². The lowest BCUT2D eigenvalue weighted by Crippen LogP contribution is -2.42. The van der Waals surface area contributed by atoms with Gasteiger partial charge in [-0.05, 0) is 24.8 Å². The Morgan fingerprint density at radius 2 is 2.17 bits per heavy atom. The molecule has 1 aliphatic rings. The second kappa shape index (κ2) is 7.92. The number of carbonyl (C=O) groups is 1. The number of hydrogen-bond donors (Lipinski definition) is 0. The van der Waals surface area contributed by atoms with Gasteiger partial charge in [-0.15, -0.1) is 0 Å². The van der Waals surface area contributed by atoms with Crippen molar-refractivity contribution in [2.75, 3.05) is 26.3 Å². The van der Waals surface area contributed by atoms with Crippen LogP contribution >= 0.6 is 0 Å². The van der Waals surface area contributed by atoms with Crippen molar-refractivity contribution in [2.45, 2.75) is 25.3 Å². The molecular formula is C18H23N3O2. The van der Waals surface area contributed by atoms with Gasteiger partial charge in [0.1, 0.15) is 6.61 Å². The molecule has 1 aromatic heterocycles. The molecule has 0 radical (unpaired) electrons. The van der Waals surface area contributed by atoms with Crippen molar-refractivity contribution in [3.8, 4) is 0 Å². The Morgan fingerprint density at radius 1 is 1.30 bits per heavy atom. The molecule has 2 aromatic rings.